The summed E-state index contributed by atoms with van der Waals surface area (Å²) in [5.41, 5.74) is 1.11. The van der Waals surface area contributed by atoms with E-state index in [4.69, 9.17) is 0 Å². The van der Waals surface area contributed by atoms with Crippen LogP contribution in [0.15, 0.2) is 23.8 Å². The van der Waals surface area contributed by atoms with Gasteiger partial charge in [-0.15, -0.1) is 0 Å². The van der Waals surface area contributed by atoms with E-state index in [2.05, 4.69) is 19.9 Å². The molecule has 0 rings (SSSR count). The second-order valence-corrected chi connectivity index (χ2v) is 3.01. The van der Waals surface area contributed by atoms with Crippen molar-refractivity contribution in [1.29, 1.82) is 0 Å². The van der Waals surface area contributed by atoms with Crippen molar-refractivity contribution >= 4 is 6.29 Å². The Hall–Kier alpha value is -0.850. The highest BCUT2D eigenvalue weighted by Gasteiger charge is 1.84. The lowest BCUT2D eigenvalue weighted by Gasteiger charge is -1.91. The molecule has 0 fully saturated rings. The van der Waals surface area contributed by atoms with Gasteiger partial charge in [0, 0.05) is 6.42 Å². The summed E-state index contributed by atoms with van der Waals surface area (Å²) >= 11 is 0. The number of hydrogen-bond donors (Lipinski definition) is 0. The van der Waals surface area contributed by atoms with Crippen molar-refractivity contribution in [2.75, 3.05) is 0 Å². The Kier molecular flexibility index (Phi) is 5.44. The molecule has 0 aliphatic carbocycles. The predicted molar refractivity (Wildman–Crippen MR) is 48.4 cm³/mol. The predicted octanol–water partition coefficient (Wildman–Crippen LogP) is 2.73. The molecule has 0 aliphatic rings. The van der Waals surface area contributed by atoms with Crippen molar-refractivity contribution in [3.63, 3.8) is 0 Å². The summed E-state index contributed by atoms with van der Waals surface area (Å²) < 4.78 is 0. The molecule has 0 aliphatic heterocycles. The number of rotatable bonds is 4. The van der Waals surface area contributed by atoms with Crippen LogP contribution in [0, 0.1) is 5.92 Å². The summed E-state index contributed by atoms with van der Waals surface area (Å²) in [6, 6.07) is 0. The number of aldehydes is 1. The van der Waals surface area contributed by atoms with Crippen LogP contribution >= 0.6 is 0 Å². The lowest BCUT2D eigenvalue weighted by atomic mass is 10.1. The van der Waals surface area contributed by atoms with Crippen molar-refractivity contribution in [3.05, 3.63) is 23.8 Å². The quantitative estimate of drug-likeness (QED) is 0.447. The van der Waals surface area contributed by atoms with Gasteiger partial charge >= 0.3 is 0 Å². The van der Waals surface area contributed by atoms with Crippen molar-refractivity contribution < 1.29 is 4.79 Å². The molecular weight excluding hydrogens is 136 g/mol. The van der Waals surface area contributed by atoms with Gasteiger partial charge in [-0.1, -0.05) is 37.6 Å². The summed E-state index contributed by atoms with van der Waals surface area (Å²) in [5, 5.41) is 0. The zero-order valence-corrected chi connectivity index (χ0v) is 7.50. The van der Waals surface area contributed by atoms with E-state index in [1.54, 1.807) is 0 Å². The van der Waals surface area contributed by atoms with Crippen LogP contribution in [0.1, 0.15) is 27.2 Å². The van der Waals surface area contributed by atoms with Gasteiger partial charge in [-0.2, -0.15) is 0 Å². The Morgan fingerprint density at radius 1 is 1.45 bits per heavy atom. The fourth-order valence-corrected chi connectivity index (χ4v) is 0.642. The Balaban J connectivity index is 3.80. The second-order valence-electron chi connectivity index (χ2n) is 3.01. The van der Waals surface area contributed by atoms with E-state index in [9.17, 15) is 4.79 Å². The van der Waals surface area contributed by atoms with Crippen LogP contribution in [0.5, 0.6) is 0 Å². The van der Waals surface area contributed by atoms with Gasteiger partial charge in [0.15, 0.2) is 0 Å². The van der Waals surface area contributed by atoms with E-state index >= 15 is 0 Å². The Morgan fingerprint density at radius 2 is 2.09 bits per heavy atom. The molecule has 0 unspecified atom stereocenters. The molecule has 0 aromatic rings. The largest absolute Gasteiger partial charge is 0.303 e. The number of carbonyl (C=O) groups is 1. The van der Waals surface area contributed by atoms with Crippen LogP contribution in [0.4, 0.5) is 0 Å². The zero-order chi connectivity index (χ0) is 8.69. The first-order valence-electron chi connectivity index (χ1n) is 3.94. The van der Waals surface area contributed by atoms with E-state index < -0.39 is 0 Å². The summed E-state index contributed by atoms with van der Waals surface area (Å²) in [4.78, 5) is 10.0. The van der Waals surface area contributed by atoms with Crippen LogP contribution in [0.2, 0.25) is 0 Å². The van der Waals surface area contributed by atoms with Crippen LogP contribution in [-0.2, 0) is 4.79 Å². The SMILES string of the molecule is CC(=CC=CC(C)C)CC=O. The monoisotopic (exact) mass is 152 g/mol. The second kappa shape index (κ2) is 5.90. The third-order valence-electron chi connectivity index (χ3n) is 1.28. The summed E-state index contributed by atoms with van der Waals surface area (Å²) in [7, 11) is 0. The summed E-state index contributed by atoms with van der Waals surface area (Å²) in [6.45, 7) is 6.21. The van der Waals surface area contributed by atoms with Gasteiger partial charge < -0.3 is 4.79 Å². The van der Waals surface area contributed by atoms with Crippen LogP contribution in [0.3, 0.4) is 0 Å². The molecule has 0 N–H and O–H groups in total. The maximum Gasteiger partial charge on any atom is 0.124 e. The van der Waals surface area contributed by atoms with Crippen LogP contribution in [-0.4, -0.2) is 6.29 Å². The first-order chi connectivity index (χ1) is 5.16. The smallest absolute Gasteiger partial charge is 0.124 e. The van der Waals surface area contributed by atoms with Crippen molar-refractivity contribution in [2.45, 2.75) is 27.2 Å². The molecule has 0 aromatic carbocycles. The molecule has 11 heavy (non-hydrogen) atoms. The molecule has 0 saturated carbocycles. The Bertz CT molecular complexity index is 164. The first kappa shape index (κ1) is 10.2. The molecule has 0 amide bonds. The highest BCUT2D eigenvalue weighted by atomic mass is 16.1. The molecule has 0 heterocycles. The van der Waals surface area contributed by atoms with Gasteiger partial charge in [-0.05, 0) is 12.8 Å². The molecule has 1 heteroatoms. The van der Waals surface area contributed by atoms with E-state index in [1.807, 2.05) is 19.1 Å². The van der Waals surface area contributed by atoms with Gasteiger partial charge in [-0.25, -0.2) is 0 Å². The molecule has 0 bridgehead atoms. The summed E-state index contributed by atoms with van der Waals surface area (Å²) in [5.74, 6) is 0.579. The molecule has 0 radical (unpaired) electrons. The van der Waals surface area contributed by atoms with Gasteiger partial charge in [0.2, 0.25) is 0 Å². The van der Waals surface area contributed by atoms with Crippen molar-refractivity contribution in [3.8, 4) is 0 Å². The molecular formula is C10H16O. The minimum atomic E-state index is 0.544. The fourth-order valence-electron chi connectivity index (χ4n) is 0.642. The Morgan fingerprint density at radius 3 is 2.55 bits per heavy atom. The molecule has 0 spiro atoms. The van der Waals surface area contributed by atoms with Crippen molar-refractivity contribution in [1.82, 2.24) is 0 Å². The lowest BCUT2D eigenvalue weighted by molar-refractivity contribution is -0.107. The maximum atomic E-state index is 10.0. The average molecular weight is 152 g/mol. The molecule has 0 saturated heterocycles. The van der Waals surface area contributed by atoms with Gasteiger partial charge in [0.05, 0.1) is 0 Å². The number of allylic oxidation sites excluding steroid dienone is 4. The highest BCUT2D eigenvalue weighted by molar-refractivity contribution is 5.54. The lowest BCUT2D eigenvalue weighted by Crippen LogP contribution is -1.78. The van der Waals surface area contributed by atoms with Gasteiger partial charge in [-0.3, -0.25) is 0 Å². The maximum absolute atomic E-state index is 10.0. The average Bonchev–Trinajstić information content (AvgIpc) is 1.87. The highest BCUT2D eigenvalue weighted by Crippen LogP contribution is 1.99. The Labute approximate surface area is 68.8 Å². The number of carbonyl (C=O) groups excluding carboxylic acids is 1. The molecule has 62 valence electrons. The van der Waals surface area contributed by atoms with Gasteiger partial charge in [0.25, 0.3) is 0 Å². The molecule has 0 aromatic heterocycles. The standard InChI is InChI=1S/C10H16O/c1-9(2)5-4-6-10(3)7-8-11/h4-6,8-9H,7H2,1-3H3. The molecule has 1 nitrogen and oxygen atoms in total. The summed E-state index contributed by atoms with van der Waals surface area (Å²) in [6.07, 6.45) is 7.56. The van der Waals surface area contributed by atoms with Crippen LogP contribution < -0.4 is 0 Å². The van der Waals surface area contributed by atoms with E-state index in [1.165, 1.54) is 0 Å². The van der Waals surface area contributed by atoms with E-state index in [0.717, 1.165) is 11.9 Å². The third-order valence-corrected chi connectivity index (χ3v) is 1.28. The zero-order valence-electron chi connectivity index (χ0n) is 7.50. The van der Waals surface area contributed by atoms with Gasteiger partial charge in [0.1, 0.15) is 6.29 Å². The number of hydrogen-bond acceptors (Lipinski definition) is 1. The normalized spacial score (nSPS) is 12.9. The van der Waals surface area contributed by atoms with E-state index in [0.29, 0.717) is 12.3 Å². The topological polar surface area (TPSA) is 17.1 Å². The third kappa shape index (κ3) is 7.04. The van der Waals surface area contributed by atoms with Crippen LogP contribution in [0.25, 0.3) is 0 Å². The van der Waals surface area contributed by atoms with Crippen molar-refractivity contribution in [2.24, 2.45) is 5.92 Å². The molecule has 0 atom stereocenters. The fraction of sp³-hybridized carbons (Fsp3) is 0.500. The first-order valence-corrected chi connectivity index (χ1v) is 3.94. The minimum Gasteiger partial charge on any atom is -0.303 e. The minimum absolute atomic E-state index is 0.544. The van der Waals surface area contributed by atoms with E-state index in [-0.39, 0.29) is 0 Å².